The van der Waals surface area contributed by atoms with Crippen molar-refractivity contribution >= 4 is 17.7 Å². The highest BCUT2D eigenvalue weighted by molar-refractivity contribution is 5.77. The molecule has 3 rings (SSSR count). The van der Waals surface area contributed by atoms with Crippen LogP contribution in [0.25, 0.3) is 0 Å². The van der Waals surface area contributed by atoms with Crippen LogP contribution in [0.2, 0.25) is 0 Å². The van der Waals surface area contributed by atoms with Crippen molar-refractivity contribution in [3.05, 3.63) is 29.6 Å². The Hall–Kier alpha value is -2.35. The molecule has 27 heavy (non-hydrogen) atoms. The van der Waals surface area contributed by atoms with Crippen LogP contribution < -0.4 is 10.2 Å². The number of morpholine rings is 1. The molecule has 148 valence electrons. The minimum Gasteiger partial charge on any atom is -0.481 e. The zero-order chi connectivity index (χ0) is 19.4. The lowest BCUT2D eigenvalue weighted by Crippen LogP contribution is -2.49. The number of carbonyl (C=O) groups excluding carboxylic acids is 1. The quantitative estimate of drug-likeness (QED) is 0.835. The number of carbonyl (C=O) groups is 2. The lowest BCUT2D eigenvalue weighted by atomic mass is 9.91. The maximum Gasteiger partial charge on any atom is 0.317 e. The molecule has 7 nitrogen and oxygen atoms in total. The first-order chi connectivity index (χ1) is 12.9. The molecule has 0 radical (unpaired) electrons. The summed E-state index contributed by atoms with van der Waals surface area (Å²) in [4.78, 5) is 27.5. The maximum absolute atomic E-state index is 13.8. The van der Waals surface area contributed by atoms with Crippen LogP contribution >= 0.6 is 0 Å². The van der Waals surface area contributed by atoms with Crippen LogP contribution in [0.4, 0.5) is 14.9 Å². The standard InChI is InChI=1S/C19H26FN3O4/c1-13-8-15(18(24)25)12-23(11-13)19(26)21-10-14-9-16(20)2-3-17(14)22-4-6-27-7-5-22/h2-3,9,13,15H,4-8,10-12H2,1H3,(H,21,26)(H,24,25). The van der Waals surface area contributed by atoms with Gasteiger partial charge < -0.3 is 25.0 Å². The summed E-state index contributed by atoms with van der Waals surface area (Å²) in [5.74, 6) is -1.64. The van der Waals surface area contributed by atoms with Gasteiger partial charge in [0.1, 0.15) is 5.82 Å². The van der Waals surface area contributed by atoms with Crippen LogP contribution in [0, 0.1) is 17.7 Å². The molecule has 2 aliphatic heterocycles. The van der Waals surface area contributed by atoms with E-state index in [-0.39, 0.29) is 30.9 Å². The lowest BCUT2D eigenvalue weighted by Gasteiger charge is -2.35. The van der Waals surface area contributed by atoms with Gasteiger partial charge in [-0.25, -0.2) is 9.18 Å². The summed E-state index contributed by atoms with van der Waals surface area (Å²) in [5.41, 5.74) is 1.58. The zero-order valence-electron chi connectivity index (χ0n) is 15.5. The van der Waals surface area contributed by atoms with E-state index in [9.17, 15) is 19.1 Å². The summed E-state index contributed by atoms with van der Waals surface area (Å²) in [6, 6.07) is 4.26. The minimum absolute atomic E-state index is 0.128. The average molecular weight is 379 g/mol. The highest BCUT2D eigenvalue weighted by Crippen LogP contribution is 2.24. The molecule has 0 saturated carbocycles. The second kappa shape index (κ2) is 8.56. The predicted octanol–water partition coefficient (Wildman–Crippen LogP) is 1.91. The van der Waals surface area contributed by atoms with Gasteiger partial charge in [0.25, 0.3) is 0 Å². The Balaban J connectivity index is 1.66. The molecule has 2 N–H and O–H groups in total. The van der Waals surface area contributed by atoms with Gasteiger partial charge in [0.15, 0.2) is 0 Å². The second-order valence-corrected chi connectivity index (χ2v) is 7.31. The van der Waals surface area contributed by atoms with Crippen LogP contribution in [0.3, 0.4) is 0 Å². The molecule has 1 aromatic rings. The number of piperidine rings is 1. The number of amides is 2. The lowest BCUT2D eigenvalue weighted by molar-refractivity contribution is -0.143. The molecule has 0 bridgehead atoms. The Morgan fingerprint density at radius 1 is 1.30 bits per heavy atom. The van der Waals surface area contributed by atoms with E-state index in [1.807, 2.05) is 6.92 Å². The van der Waals surface area contributed by atoms with Crippen molar-refractivity contribution in [3.63, 3.8) is 0 Å². The molecule has 1 aromatic carbocycles. The van der Waals surface area contributed by atoms with E-state index in [0.29, 0.717) is 31.7 Å². The fourth-order valence-electron chi connectivity index (χ4n) is 3.79. The smallest absolute Gasteiger partial charge is 0.317 e. The fourth-order valence-corrected chi connectivity index (χ4v) is 3.79. The molecular weight excluding hydrogens is 353 g/mol. The van der Waals surface area contributed by atoms with E-state index < -0.39 is 11.9 Å². The second-order valence-electron chi connectivity index (χ2n) is 7.31. The van der Waals surface area contributed by atoms with Crippen molar-refractivity contribution in [2.75, 3.05) is 44.3 Å². The SMILES string of the molecule is CC1CC(C(=O)O)CN(C(=O)NCc2cc(F)ccc2N2CCOCC2)C1. The third-order valence-corrected chi connectivity index (χ3v) is 5.12. The van der Waals surface area contributed by atoms with Gasteiger partial charge in [-0.3, -0.25) is 4.79 Å². The average Bonchev–Trinajstić information content (AvgIpc) is 2.66. The Morgan fingerprint density at radius 2 is 2.04 bits per heavy atom. The number of ether oxygens (including phenoxy) is 1. The van der Waals surface area contributed by atoms with Crippen LogP contribution in [0.1, 0.15) is 18.9 Å². The Labute approximate surface area is 158 Å². The van der Waals surface area contributed by atoms with Crippen LogP contribution in [-0.2, 0) is 16.1 Å². The van der Waals surface area contributed by atoms with Crippen LogP contribution in [0.15, 0.2) is 18.2 Å². The molecule has 2 unspecified atom stereocenters. The van der Waals surface area contributed by atoms with E-state index in [1.54, 1.807) is 11.0 Å². The van der Waals surface area contributed by atoms with Gasteiger partial charge in [-0.1, -0.05) is 6.92 Å². The summed E-state index contributed by atoms with van der Waals surface area (Å²) in [5, 5.41) is 12.1. The van der Waals surface area contributed by atoms with Gasteiger partial charge in [0.05, 0.1) is 19.1 Å². The third kappa shape index (κ3) is 4.88. The van der Waals surface area contributed by atoms with Gasteiger partial charge in [0, 0.05) is 38.4 Å². The molecule has 0 spiro atoms. The van der Waals surface area contributed by atoms with Crippen molar-refractivity contribution in [2.45, 2.75) is 19.9 Å². The van der Waals surface area contributed by atoms with Crippen LogP contribution in [-0.4, -0.2) is 61.4 Å². The van der Waals surface area contributed by atoms with E-state index >= 15 is 0 Å². The summed E-state index contributed by atoms with van der Waals surface area (Å²) >= 11 is 0. The summed E-state index contributed by atoms with van der Waals surface area (Å²) in [6.45, 7) is 5.52. The van der Waals surface area contributed by atoms with Crippen molar-refractivity contribution in [3.8, 4) is 0 Å². The Kier molecular flexibility index (Phi) is 6.15. The summed E-state index contributed by atoms with van der Waals surface area (Å²) in [7, 11) is 0. The normalized spacial score (nSPS) is 23.2. The number of anilines is 1. The van der Waals surface area contributed by atoms with Gasteiger partial charge in [-0.2, -0.15) is 0 Å². The zero-order valence-corrected chi connectivity index (χ0v) is 15.5. The van der Waals surface area contributed by atoms with Gasteiger partial charge in [-0.05, 0) is 36.1 Å². The number of likely N-dealkylation sites (tertiary alicyclic amines) is 1. The highest BCUT2D eigenvalue weighted by Gasteiger charge is 2.31. The molecule has 2 amide bonds. The van der Waals surface area contributed by atoms with Gasteiger partial charge in [-0.15, -0.1) is 0 Å². The summed E-state index contributed by atoms with van der Waals surface area (Å²) in [6.07, 6.45) is 0.574. The maximum atomic E-state index is 13.8. The van der Waals surface area contributed by atoms with Crippen molar-refractivity contribution in [2.24, 2.45) is 11.8 Å². The largest absolute Gasteiger partial charge is 0.481 e. The molecule has 0 aliphatic carbocycles. The van der Waals surface area contributed by atoms with E-state index in [2.05, 4.69) is 10.2 Å². The molecule has 2 aliphatic rings. The minimum atomic E-state index is -0.876. The molecule has 2 heterocycles. The van der Waals surface area contributed by atoms with Gasteiger partial charge in [0.2, 0.25) is 0 Å². The first-order valence-corrected chi connectivity index (χ1v) is 9.30. The monoisotopic (exact) mass is 379 g/mol. The number of carboxylic acid groups (broad SMARTS) is 1. The van der Waals surface area contributed by atoms with Crippen molar-refractivity contribution in [1.29, 1.82) is 0 Å². The molecule has 0 aromatic heterocycles. The molecular formula is C19H26FN3O4. The third-order valence-electron chi connectivity index (χ3n) is 5.12. The number of nitrogens with one attached hydrogen (secondary N) is 1. The topological polar surface area (TPSA) is 82.1 Å². The van der Waals surface area contributed by atoms with Crippen molar-refractivity contribution in [1.82, 2.24) is 10.2 Å². The number of urea groups is 1. The summed E-state index contributed by atoms with van der Waals surface area (Å²) < 4.78 is 19.1. The van der Waals surface area contributed by atoms with E-state index in [1.165, 1.54) is 12.1 Å². The highest BCUT2D eigenvalue weighted by atomic mass is 19.1. The number of rotatable bonds is 4. The Morgan fingerprint density at radius 3 is 2.74 bits per heavy atom. The van der Waals surface area contributed by atoms with Crippen molar-refractivity contribution < 1.29 is 23.8 Å². The number of benzene rings is 1. The first kappa shape index (κ1) is 19.4. The molecule has 8 heteroatoms. The Bertz CT molecular complexity index is 694. The molecule has 2 atom stereocenters. The molecule has 2 saturated heterocycles. The number of carboxylic acids is 1. The number of hydrogen-bond donors (Lipinski definition) is 2. The van der Waals surface area contributed by atoms with Crippen LogP contribution in [0.5, 0.6) is 0 Å². The number of nitrogens with zero attached hydrogens (tertiary/aromatic N) is 2. The van der Waals surface area contributed by atoms with Gasteiger partial charge >= 0.3 is 12.0 Å². The van der Waals surface area contributed by atoms with E-state index in [4.69, 9.17) is 4.74 Å². The number of hydrogen-bond acceptors (Lipinski definition) is 4. The molecule has 2 fully saturated rings. The number of aliphatic carboxylic acids is 1. The first-order valence-electron chi connectivity index (χ1n) is 9.30. The predicted molar refractivity (Wildman–Crippen MR) is 98.1 cm³/mol. The van der Waals surface area contributed by atoms with E-state index in [0.717, 1.165) is 18.8 Å². The number of halogens is 1. The fraction of sp³-hybridized carbons (Fsp3) is 0.579.